The maximum atomic E-state index is 2.43. The zero-order valence-corrected chi connectivity index (χ0v) is 16.3. The fourth-order valence-electron chi connectivity index (χ4n) is 2.66. The first-order valence-corrected chi connectivity index (χ1v) is 12.6. The van der Waals surface area contributed by atoms with Gasteiger partial charge in [-0.05, 0) is 36.8 Å². The summed E-state index contributed by atoms with van der Waals surface area (Å²) >= 11 is 0. The van der Waals surface area contributed by atoms with Crippen LogP contribution >= 0.6 is 0 Å². The van der Waals surface area contributed by atoms with Crippen molar-refractivity contribution in [3.05, 3.63) is 95.2 Å². The first-order valence-electron chi connectivity index (χ1n) is 8.98. The number of aryl methyl sites for hydroxylation is 2. The van der Waals surface area contributed by atoms with E-state index in [0.29, 0.717) is 0 Å². The Bertz CT molecular complexity index is 600. The Morgan fingerprint density at radius 1 is 0.750 bits per heavy atom. The van der Waals surface area contributed by atoms with E-state index in [1.54, 1.807) is 5.57 Å². The fraction of sp³-hybridized carbons (Fsp3) is 0.304. The van der Waals surface area contributed by atoms with Crippen LogP contribution in [0.15, 0.2) is 84.1 Å². The predicted molar refractivity (Wildman–Crippen MR) is 110 cm³/mol. The van der Waals surface area contributed by atoms with Gasteiger partial charge in [-0.3, -0.25) is 0 Å². The monoisotopic (exact) mass is 334 g/mol. The molecule has 0 heterocycles. The number of hydrogen-bond donors (Lipinski definition) is 0. The lowest BCUT2D eigenvalue weighted by molar-refractivity contribution is 0.835. The van der Waals surface area contributed by atoms with Crippen molar-refractivity contribution in [2.24, 2.45) is 0 Å². The first-order chi connectivity index (χ1) is 11.5. The van der Waals surface area contributed by atoms with Crippen molar-refractivity contribution in [2.45, 2.75) is 45.3 Å². The van der Waals surface area contributed by atoms with Crippen molar-refractivity contribution in [3.63, 3.8) is 0 Å². The topological polar surface area (TPSA) is 0 Å². The quantitative estimate of drug-likeness (QED) is 0.376. The second-order valence-electron chi connectivity index (χ2n) is 7.52. The highest BCUT2D eigenvalue weighted by atomic mass is 28.3. The van der Waals surface area contributed by atoms with Gasteiger partial charge in [0.1, 0.15) is 0 Å². The van der Waals surface area contributed by atoms with E-state index in [2.05, 4.69) is 98.2 Å². The van der Waals surface area contributed by atoms with Crippen LogP contribution in [0.2, 0.25) is 19.6 Å². The van der Waals surface area contributed by atoms with Gasteiger partial charge in [0, 0.05) is 0 Å². The molecule has 2 rings (SSSR count). The van der Waals surface area contributed by atoms with Crippen LogP contribution in [-0.2, 0) is 12.8 Å². The second-order valence-corrected chi connectivity index (χ2v) is 12.6. The van der Waals surface area contributed by atoms with Crippen molar-refractivity contribution < 1.29 is 0 Å². The molecule has 0 nitrogen and oxygen atoms in total. The largest absolute Gasteiger partial charge is 0.0950 e. The molecule has 2 aromatic rings. The molecule has 0 aliphatic rings. The van der Waals surface area contributed by atoms with Gasteiger partial charge in [-0.25, -0.2) is 0 Å². The van der Waals surface area contributed by atoms with E-state index in [4.69, 9.17) is 0 Å². The normalized spacial score (nSPS) is 11.6. The van der Waals surface area contributed by atoms with E-state index < -0.39 is 8.07 Å². The molecule has 2 aromatic carbocycles. The van der Waals surface area contributed by atoms with Gasteiger partial charge in [0.25, 0.3) is 0 Å². The molecule has 0 bridgehead atoms. The van der Waals surface area contributed by atoms with Crippen molar-refractivity contribution in [2.75, 3.05) is 0 Å². The summed E-state index contributed by atoms with van der Waals surface area (Å²) in [4.78, 5) is 0. The molecule has 0 amide bonds. The van der Waals surface area contributed by atoms with Crippen molar-refractivity contribution in [3.8, 4) is 0 Å². The zero-order valence-electron chi connectivity index (χ0n) is 15.3. The Morgan fingerprint density at radius 3 is 1.62 bits per heavy atom. The molecular weight excluding hydrogens is 304 g/mol. The van der Waals surface area contributed by atoms with E-state index in [9.17, 15) is 0 Å². The summed E-state index contributed by atoms with van der Waals surface area (Å²) in [5, 5.41) is 0. The van der Waals surface area contributed by atoms with Gasteiger partial charge >= 0.3 is 0 Å². The summed E-state index contributed by atoms with van der Waals surface area (Å²) < 4.78 is 0. The minimum Gasteiger partial charge on any atom is -0.0950 e. The van der Waals surface area contributed by atoms with Crippen LogP contribution in [0.3, 0.4) is 0 Å². The molecule has 0 aromatic heterocycles. The number of hydrogen-bond acceptors (Lipinski definition) is 0. The Hall–Kier alpha value is -1.86. The van der Waals surface area contributed by atoms with Crippen LogP contribution < -0.4 is 0 Å². The summed E-state index contributed by atoms with van der Waals surface area (Å²) in [5.74, 6) is 0. The zero-order chi connectivity index (χ0) is 17.3. The third-order valence-corrected chi connectivity index (χ3v) is 5.28. The minimum absolute atomic E-state index is 1.12. The molecule has 0 unspecified atom stereocenters. The molecule has 1 heteroatoms. The summed E-state index contributed by atoms with van der Waals surface area (Å²) in [6, 6.07) is 21.6. The van der Waals surface area contributed by atoms with Crippen LogP contribution in [0.1, 0.15) is 24.0 Å². The lowest BCUT2D eigenvalue weighted by Gasteiger charge is -2.10. The molecule has 0 N–H and O–H groups in total. The lowest BCUT2D eigenvalue weighted by atomic mass is 9.98. The number of benzene rings is 2. The predicted octanol–water partition coefficient (Wildman–Crippen LogP) is 6.61. The van der Waals surface area contributed by atoms with E-state index in [-0.39, 0.29) is 0 Å². The van der Waals surface area contributed by atoms with Gasteiger partial charge in [-0.15, -0.1) is 0 Å². The molecule has 0 aliphatic heterocycles. The average Bonchev–Trinajstić information content (AvgIpc) is 2.57. The lowest BCUT2D eigenvalue weighted by Crippen LogP contribution is -2.15. The van der Waals surface area contributed by atoms with Crippen LogP contribution in [0, 0.1) is 0 Å². The molecule has 0 spiro atoms. The molecule has 0 atom stereocenters. The Balaban J connectivity index is 2.00. The van der Waals surface area contributed by atoms with E-state index in [1.165, 1.54) is 11.1 Å². The smallest absolute Gasteiger partial charge is 0.0687 e. The summed E-state index contributed by atoms with van der Waals surface area (Å²) in [5.41, 5.74) is 6.84. The van der Waals surface area contributed by atoms with E-state index in [0.717, 1.165) is 25.7 Å². The molecule has 24 heavy (non-hydrogen) atoms. The fourth-order valence-corrected chi connectivity index (χ4v) is 3.34. The summed E-state index contributed by atoms with van der Waals surface area (Å²) in [6.07, 6.45) is 9.21. The van der Waals surface area contributed by atoms with E-state index in [1.807, 2.05) is 0 Å². The van der Waals surface area contributed by atoms with Gasteiger partial charge in [-0.2, -0.15) is 0 Å². The average molecular weight is 335 g/mol. The van der Waals surface area contributed by atoms with Gasteiger partial charge in [-0.1, -0.05) is 104 Å². The van der Waals surface area contributed by atoms with Gasteiger partial charge in [0.15, 0.2) is 0 Å². The molecule has 0 aliphatic carbocycles. The Labute approximate surface area is 149 Å². The highest BCUT2D eigenvalue weighted by Gasteiger charge is 2.06. The highest BCUT2D eigenvalue weighted by Crippen LogP contribution is 2.16. The van der Waals surface area contributed by atoms with Gasteiger partial charge in [0.2, 0.25) is 0 Å². The maximum absolute atomic E-state index is 2.43. The maximum Gasteiger partial charge on any atom is 0.0687 e. The molecule has 0 saturated carbocycles. The van der Waals surface area contributed by atoms with Crippen LogP contribution in [-0.4, -0.2) is 8.07 Å². The van der Waals surface area contributed by atoms with Gasteiger partial charge < -0.3 is 0 Å². The van der Waals surface area contributed by atoms with Crippen LogP contribution in [0.4, 0.5) is 0 Å². The Morgan fingerprint density at radius 2 is 1.21 bits per heavy atom. The van der Waals surface area contributed by atoms with Crippen molar-refractivity contribution in [1.82, 2.24) is 0 Å². The molecule has 126 valence electrons. The second kappa shape index (κ2) is 9.44. The SMILES string of the molecule is C[Si](C)(C)/C=C/C=C(CCc1ccccc1)CCc1ccccc1. The first kappa shape index (κ1) is 18.5. The summed E-state index contributed by atoms with van der Waals surface area (Å²) in [7, 11) is -1.12. The van der Waals surface area contributed by atoms with Gasteiger partial charge in [0.05, 0.1) is 8.07 Å². The van der Waals surface area contributed by atoms with Crippen molar-refractivity contribution >= 4 is 8.07 Å². The summed E-state index contributed by atoms with van der Waals surface area (Å²) in [6.45, 7) is 7.14. The molecule has 0 saturated heterocycles. The molecule has 0 radical (unpaired) electrons. The minimum atomic E-state index is -1.12. The standard InChI is InChI=1S/C23H30Si/c1-24(2,3)20-10-15-23(18-16-21-11-6-4-7-12-21)19-17-22-13-8-5-9-14-22/h4-15,20H,16-19H2,1-3H3/b20-10+. The third-order valence-electron chi connectivity index (χ3n) is 4.08. The molecule has 0 fully saturated rings. The Kier molecular flexibility index (Phi) is 7.26. The number of rotatable bonds is 8. The highest BCUT2D eigenvalue weighted by molar-refractivity contribution is 6.80. The number of allylic oxidation sites excluding steroid dienone is 3. The van der Waals surface area contributed by atoms with E-state index >= 15 is 0 Å². The van der Waals surface area contributed by atoms with Crippen molar-refractivity contribution in [1.29, 1.82) is 0 Å². The van der Waals surface area contributed by atoms with Crippen LogP contribution in [0.5, 0.6) is 0 Å². The molecular formula is C23H30Si. The third kappa shape index (κ3) is 7.61. The van der Waals surface area contributed by atoms with Crippen LogP contribution in [0.25, 0.3) is 0 Å².